The van der Waals surface area contributed by atoms with Crippen molar-refractivity contribution in [2.24, 2.45) is 0 Å². The highest BCUT2D eigenvalue weighted by molar-refractivity contribution is 5.69. The molecule has 0 aromatic heterocycles. The van der Waals surface area contributed by atoms with Crippen molar-refractivity contribution >= 4 is 12.4 Å². The zero-order valence-electron chi connectivity index (χ0n) is 15.5. The van der Waals surface area contributed by atoms with E-state index in [0.29, 0.717) is 25.9 Å². The standard InChI is InChI=1S/C19H30N2O3/c1-19(2,3)24-18(23)21(13-12-20(4)5)17(11-14-22)15-16-9-7-6-8-10-16/h6-10,14,17H,11-13,15H2,1-5H3. The number of benzene rings is 1. The van der Waals surface area contributed by atoms with Gasteiger partial charge in [-0.15, -0.1) is 0 Å². The van der Waals surface area contributed by atoms with Gasteiger partial charge in [0.1, 0.15) is 11.9 Å². The number of aldehydes is 1. The molecule has 134 valence electrons. The minimum atomic E-state index is -0.564. The van der Waals surface area contributed by atoms with Crippen LogP contribution in [-0.2, 0) is 16.0 Å². The lowest BCUT2D eigenvalue weighted by Gasteiger charge is -2.33. The van der Waals surface area contributed by atoms with E-state index in [4.69, 9.17) is 4.74 Å². The molecule has 0 spiro atoms. The molecular formula is C19H30N2O3. The van der Waals surface area contributed by atoms with E-state index in [9.17, 15) is 9.59 Å². The third-order valence-corrected chi connectivity index (χ3v) is 3.54. The molecule has 0 radical (unpaired) electrons. The molecule has 0 heterocycles. The Morgan fingerprint density at radius 1 is 1.17 bits per heavy atom. The summed E-state index contributed by atoms with van der Waals surface area (Å²) in [5, 5.41) is 0. The normalized spacial score (nSPS) is 12.8. The van der Waals surface area contributed by atoms with Gasteiger partial charge >= 0.3 is 6.09 Å². The molecule has 0 fully saturated rings. The Morgan fingerprint density at radius 2 is 1.79 bits per heavy atom. The highest BCUT2D eigenvalue weighted by Crippen LogP contribution is 2.16. The summed E-state index contributed by atoms with van der Waals surface area (Å²) in [5.74, 6) is 0. The first-order chi connectivity index (χ1) is 11.2. The van der Waals surface area contributed by atoms with Gasteiger partial charge in [-0.25, -0.2) is 4.79 Å². The van der Waals surface area contributed by atoms with Crippen LogP contribution in [0.2, 0.25) is 0 Å². The average molecular weight is 334 g/mol. The fourth-order valence-electron chi connectivity index (χ4n) is 2.37. The van der Waals surface area contributed by atoms with Crippen molar-refractivity contribution in [2.75, 3.05) is 27.2 Å². The molecule has 0 saturated carbocycles. The highest BCUT2D eigenvalue weighted by atomic mass is 16.6. The van der Waals surface area contributed by atoms with Crippen LogP contribution in [0.3, 0.4) is 0 Å². The van der Waals surface area contributed by atoms with Crippen LogP contribution in [0.1, 0.15) is 32.8 Å². The zero-order chi connectivity index (χ0) is 18.2. The van der Waals surface area contributed by atoms with E-state index in [1.54, 1.807) is 4.90 Å². The third kappa shape index (κ3) is 7.59. The average Bonchev–Trinajstić information content (AvgIpc) is 2.46. The SMILES string of the molecule is CN(C)CCN(C(=O)OC(C)(C)C)C(CC=O)Cc1ccccc1. The van der Waals surface area contributed by atoms with E-state index in [1.807, 2.05) is 70.1 Å². The Balaban J connectivity index is 2.96. The molecule has 24 heavy (non-hydrogen) atoms. The largest absolute Gasteiger partial charge is 0.444 e. The number of ether oxygens (including phenoxy) is 1. The van der Waals surface area contributed by atoms with E-state index >= 15 is 0 Å². The summed E-state index contributed by atoms with van der Waals surface area (Å²) in [6.45, 7) is 6.78. The van der Waals surface area contributed by atoms with Crippen LogP contribution in [0.25, 0.3) is 0 Å². The van der Waals surface area contributed by atoms with Crippen LogP contribution >= 0.6 is 0 Å². The lowest BCUT2D eigenvalue weighted by molar-refractivity contribution is -0.108. The van der Waals surface area contributed by atoms with Crippen LogP contribution in [0, 0.1) is 0 Å². The summed E-state index contributed by atoms with van der Waals surface area (Å²) in [6.07, 6.45) is 1.43. The number of carbonyl (C=O) groups is 2. The van der Waals surface area contributed by atoms with E-state index in [1.165, 1.54) is 0 Å². The minimum absolute atomic E-state index is 0.209. The number of likely N-dealkylation sites (N-methyl/N-ethyl adjacent to an activating group) is 1. The van der Waals surface area contributed by atoms with Gasteiger partial charge in [-0.05, 0) is 46.9 Å². The zero-order valence-corrected chi connectivity index (χ0v) is 15.5. The van der Waals surface area contributed by atoms with Crippen molar-refractivity contribution < 1.29 is 14.3 Å². The van der Waals surface area contributed by atoms with E-state index in [2.05, 4.69) is 0 Å². The Hall–Kier alpha value is -1.88. The molecule has 0 bridgehead atoms. The fourth-order valence-corrected chi connectivity index (χ4v) is 2.37. The summed E-state index contributed by atoms with van der Waals surface area (Å²) >= 11 is 0. The molecule has 5 nitrogen and oxygen atoms in total. The van der Waals surface area contributed by atoms with Crippen LogP contribution in [0.15, 0.2) is 30.3 Å². The topological polar surface area (TPSA) is 49.9 Å². The van der Waals surface area contributed by atoms with Crippen LogP contribution < -0.4 is 0 Å². The van der Waals surface area contributed by atoms with Crippen LogP contribution in [-0.4, -0.2) is 61.0 Å². The van der Waals surface area contributed by atoms with E-state index < -0.39 is 5.60 Å². The Kier molecular flexibility index (Phi) is 7.92. The maximum atomic E-state index is 12.6. The van der Waals surface area contributed by atoms with Crippen molar-refractivity contribution in [1.29, 1.82) is 0 Å². The lowest BCUT2D eigenvalue weighted by atomic mass is 10.0. The van der Waals surface area contributed by atoms with E-state index in [-0.39, 0.29) is 12.1 Å². The quantitative estimate of drug-likeness (QED) is 0.686. The summed E-state index contributed by atoms with van der Waals surface area (Å²) in [7, 11) is 3.92. The molecule has 0 aliphatic rings. The molecule has 1 rings (SSSR count). The second kappa shape index (κ2) is 9.42. The van der Waals surface area contributed by atoms with E-state index in [0.717, 1.165) is 11.8 Å². The summed E-state index contributed by atoms with van der Waals surface area (Å²) < 4.78 is 5.55. The molecule has 1 amide bonds. The number of amides is 1. The van der Waals surface area contributed by atoms with Gasteiger partial charge in [-0.1, -0.05) is 30.3 Å². The van der Waals surface area contributed by atoms with Gasteiger partial charge in [0.2, 0.25) is 0 Å². The van der Waals surface area contributed by atoms with Gasteiger partial charge < -0.3 is 19.3 Å². The fraction of sp³-hybridized carbons (Fsp3) is 0.579. The molecule has 1 aromatic rings. The van der Waals surface area contributed by atoms with Crippen molar-refractivity contribution in [3.8, 4) is 0 Å². The van der Waals surface area contributed by atoms with Crippen molar-refractivity contribution in [3.63, 3.8) is 0 Å². The Bertz CT molecular complexity index is 509. The van der Waals surface area contributed by atoms with Crippen molar-refractivity contribution in [3.05, 3.63) is 35.9 Å². The Labute approximate surface area is 145 Å². The third-order valence-electron chi connectivity index (χ3n) is 3.54. The number of hydrogen-bond donors (Lipinski definition) is 0. The summed E-state index contributed by atoms with van der Waals surface area (Å²) in [6, 6.07) is 9.69. The van der Waals surface area contributed by atoms with Gasteiger partial charge in [0, 0.05) is 25.6 Å². The minimum Gasteiger partial charge on any atom is -0.444 e. The van der Waals surface area contributed by atoms with Gasteiger partial charge in [0.25, 0.3) is 0 Å². The number of nitrogens with zero attached hydrogens (tertiary/aromatic N) is 2. The number of rotatable bonds is 8. The monoisotopic (exact) mass is 334 g/mol. The first-order valence-electron chi connectivity index (χ1n) is 8.35. The second-order valence-electron chi connectivity index (χ2n) is 7.22. The first-order valence-corrected chi connectivity index (χ1v) is 8.35. The molecule has 5 heteroatoms. The molecule has 1 atom stereocenters. The maximum absolute atomic E-state index is 12.6. The van der Waals surface area contributed by atoms with Gasteiger partial charge in [-0.2, -0.15) is 0 Å². The molecule has 0 saturated heterocycles. The Morgan fingerprint density at radius 3 is 2.29 bits per heavy atom. The lowest BCUT2D eigenvalue weighted by Crippen LogP contribution is -2.47. The number of hydrogen-bond acceptors (Lipinski definition) is 4. The highest BCUT2D eigenvalue weighted by Gasteiger charge is 2.28. The van der Waals surface area contributed by atoms with Crippen LogP contribution in [0.4, 0.5) is 4.79 Å². The smallest absolute Gasteiger partial charge is 0.410 e. The van der Waals surface area contributed by atoms with Crippen molar-refractivity contribution in [2.45, 2.75) is 45.3 Å². The molecule has 1 unspecified atom stereocenters. The first kappa shape index (κ1) is 20.2. The predicted octanol–water partition coefficient (Wildman–Crippen LogP) is 2.99. The second-order valence-corrected chi connectivity index (χ2v) is 7.22. The molecule has 0 aliphatic heterocycles. The summed E-state index contributed by atoms with van der Waals surface area (Å²) in [5.41, 5.74) is 0.536. The number of carbonyl (C=O) groups excluding carboxylic acids is 2. The summed E-state index contributed by atoms with van der Waals surface area (Å²) in [4.78, 5) is 27.5. The molecular weight excluding hydrogens is 304 g/mol. The van der Waals surface area contributed by atoms with Crippen molar-refractivity contribution in [1.82, 2.24) is 9.80 Å². The molecule has 1 aromatic carbocycles. The predicted molar refractivity (Wildman–Crippen MR) is 96.1 cm³/mol. The molecule has 0 N–H and O–H groups in total. The van der Waals surface area contributed by atoms with Gasteiger partial charge in [0.15, 0.2) is 0 Å². The maximum Gasteiger partial charge on any atom is 0.410 e. The van der Waals surface area contributed by atoms with Gasteiger partial charge in [-0.3, -0.25) is 0 Å². The van der Waals surface area contributed by atoms with Crippen LogP contribution in [0.5, 0.6) is 0 Å². The van der Waals surface area contributed by atoms with Gasteiger partial charge in [0.05, 0.1) is 0 Å². The molecule has 0 aliphatic carbocycles.